The van der Waals surface area contributed by atoms with E-state index in [4.69, 9.17) is 33.7 Å². The van der Waals surface area contributed by atoms with Gasteiger partial charge < -0.3 is 10.5 Å². The molecule has 0 aliphatic heterocycles. The molecule has 3 rings (SSSR count). The van der Waals surface area contributed by atoms with Gasteiger partial charge >= 0.3 is 0 Å². The molecule has 2 N–H and O–H groups in total. The summed E-state index contributed by atoms with van der Waals surface area (Å²) < 4.78 is 5.45. The fourth-order valence-corrected chi connectivity index (χ4v) is 2.36. The Hall–Kier alpha value is -2.18. The summed E-state index contributed by atoms with van der Waals surface area (Å²) in [4.78, 5) is 16.8. The maximum Gasteiger partial charge on any atom is 0.247 e. The molecule has 0 spiro atoms. The van der Waals surface area contributed by atoms with Gasteiger partial charge in [0.1, 0.15) is 0 Å². The van der Waals surface area contributed by atoms with Crippen molar-refractivity contribution in [3.63, 3.8) is 0 Å². The van der Waals surface area contributed by atoms with Crippen LogP contribution >= 0.6 is 23.2 Å². The van der Waals surface area contributed by atoms with E-state index in [2.05, 4.69) is 19.9 Å². The highest BCUT2D eigenvalue weighted by molar-refractivity contribution is 6.43. The predicted octanol–water partition coefficient (Wildman–Crippen LogP) is 3.37. The second kappa shape index (κ2) is 5.90. The van der Waals surface area contributed by atoms with Crippen LogP contribution in [0.1, 0.15) is 6.92 Å². The molecule has 3 aromatic rings. The Balaban J connectivity index is 2.22. The van der Waals surface area contributed by atoms with E-state index in [9.17, 15) is 0 Å². The number of nitrogens with two attached hydrogens (primary N) is 1. The zero-order valence-corrected chi connectivity index (χ0v) is 13.1. The van der Waals surface area contributed by atoms with Crippen LogP contribution < -0.4 is 10.5 Å². The Morgan fingerprint density at radius 2 is 2.00 bits per heavy atom. The first-order valence-electron chi connectivity index (χ1n) is 6.47. The van der Waals surface area contributed by atoms with Gasteiger partial charge in [0.05, 0.1) is 28.5 Å². The number of halogens is 2. The number of nitrogens with zero attached hydrogens (tertiary/aromatic N) is 4. The molecule has 112 valence electrons. The number of rotatable bonds is 3. The van der Waals surface area contributed by atoms with Crippen molar-refractivity contribution in [1.29, 1.82) is 0 Å². The van der Waals surface area contributed by atoms with Crippen LogP contribution in [0.2, 0.25) is 10.0 Å². The Kier molecular flexibility index (Phi) is 3.96. The highest BCUT2D eigenvalue weighted by Gasteiger charge is 2.14. The highest BCUT2D eigenvalue weighted by Crippen LogP contribution is 2.33. The number of aromatic nitrogens is 4. The van der Waals surface area contributed by atoms with Crippen molar-refractivity contribution in [2.24, 2.45) is 0 Å². The third-order valence-corrected chi connectivity index (χ3v) is 3.72. The molecule has 0 amide bonds. The maximum absolute atomic E-state index is 6.22. The zero-order chi connectivity index (χ0) is 15.7. The van der Waals surface area contributed by atoms with Gasteiger partial charge in [0.2, 0.25) is 11.8 Å². The quantitative estimate of drug-likeness (QED) is 0.789. The van der Waals surface area contributed by atoms with Crippen LogP contribution in [0, 0.1) is 0 Å². The number of nitrogen functional groups attached to an aromatic ring is 1. The van der Waals surface area contributed by atoms with Gasteiger partial charge in [-0.25, -0.2) is 9.97 Å². The minimum atomic E-state index is 0.0822. The fraction of sp³-hybridized carbons (Fsp3) is 0.143. The van der Waals surface area contributed by atoms with Gasteiger partial charge in [-0.05, 0) is 13.0 Å². The van der Waals surface area contributed by atoms with Crippen molar-refractivity contribution < 1.29 is 4.74 Å². The summed E-state index contributed by atoms with van der Waals surface area (Å²) in [5.41, 5.74) is 7.64. The Morgan fingerprint density at radius 3 is 2.77 bits per heavy atom. The lowest BCUT2D eigenvalue weighted by Gasteiger charge is -2.08. The summed E-state index contributed by atoms with van der Waals surface area (Å²) in [6.45, 7) is 2.27. The Labute approximate surface area is 136 Å². The average molecular weight is 336 g/mol. The van der Waals surface area contributed by atoms with Crippen molar-refractivity contribution in [1.82, 2.24) is 19.9 Å². The van der Waals surface area contributed by atoms with Gasteiger partial charge in [-0.15, -0.1) is 0 Å². The monoisotopic (exact) mass is 335 g/mol. The van der Waals surface area contributed by atoms with Crippen LogP contribution in [0.3, 0.4) is 0 Å². The number of benzene rings is 1. The smallest absolute Gasteiger partial charge is 0.247 e. The summed E-state index contributed by atoms with van der Waals surface area (Å²) in [6.07, 6.45) is 1.56. The molecule has 0 bridgehead atoms. The van der Waals surface area contributed by atoms with Gasteiger partial charge in [0.15, 0.2) is 11.2 Å². The van der Waals surface area contributed by atoms with Crippen molar-refractivity contribution >= 4 is 40.3 Å². The number of anilines is 1. The minimum absolute atomic E-state index is 0.0822. The summed E-state index contributed by atoms with van der Waals surface area (Å²) in [6, 6.07) is 5.30. The van der Waals surface area contributed by atoms with E-state index in [1.165, 1.54) is 0 Å². The van der Waals surface area contributed by atoms with E-state index < -0.39 is 0 Å². The molecule has 0 fully saturated rings. The molecular weight excluding hydrogens is 325 g/mol. The van der Waals surface area contributed by atoms with Gasteiger partial charge in [0, 0.05) is 5.56 Å². The van der Waals surface area contributed by atoms with Gasteiger partial charge in [-0.1, -0.05) is 35.3 Å². The minimum Gasteiger partial charge on any atom is -0.476 e. The van der Waals surface area contributed by atoms with Gasteiger partial charge in [0.25, 0.3) is 0 Å². The lowest BCUT2D eigenvalue weighted by Crippen LogP contribution is -2.04. The molecule has 1 aromatic carbocycles. The molecule has 6 nitrogen and oxygen atoms in total. The molecule has 22 heavy (non-hydrogen) atoms. The fourth-order valence-electron chi connectivity index (χ4n) is 1.97. The summed E-state index contributed by atoms with van der Waals surface area (Å²) >= 11 is 12.3. The second-order valence-electron chi connectivity index (χ2n) is 4.35. The molecular formula is C14H11Cl2N5O. The van der Waals surface area contributed by atoms with Crippen LogP contribution in [0.4, 0.5) is 5.95 Å². The number of hydrogen-bond acceptors (Lipinski definition) is 6. The highest BCUT2D eigenvalue weighted by atomic mass is 35.5. The Morgan fingerprint density at radius 1 is 1.18 bits per heavy atom. The van der Waals surface area contributed by atoms with E-state index in [-0.39, 0.29) is 11.8 Å². The van der Waals surface area contributed by atoms with Crippen molar-refractivity contribution in [3.05, 3.63) is 34.4 Å². The standard InChI is InChI=1S/C14H11Cl2N5O/c1-2-22-13-11-12(20-14(17)21-13)18-6-9(19-11)7-4-3-5-8(15)10(7)16/h3-6H,2H2,1H3,(H2,17,18,20,21). The van der Waals surface area contributed by atoms with Crippen molar-refractivity contribution in [2.75, 3.05) is 12.3 Å². The van der Waals surface area contributed by atoms with Gasteiger partial charge in [-0.3, -0.25) is 0 Å². The molecule has 0 atom stereocenters. The SMILES string of the molecule is CCOc1nc(N)nc2ncc(-c3cccc(Cl)c3Cl)nc12. The molecule has 0 radical (unpaired) electrons. The molecule has 0 aliphatic rings. The van der Waals surface area contributed by atoms with Crippen LogP contribution in [0.25, 0.3) is 22.4 Å². The van der Waals surface area contributed by atoms with E-state index in [1.54, 1.807) is 18.3 Å². The first kappa shape index (κ1) is 14.7. The van der Waals surface area contributed by atoms with E-state index in [0.29, 0.717) is 39.1 Å². The lowest BCUT2D eigenvalue weighted by atomic mass is 10.1. The van der Waals surface area contributed by atoms with Crippen LogP contribution in [-0.4, -0.2) is 26.5 Å². The first-order chi connectivity index (χ1) is 10.6. The van der Waals surface area contributed by atoms with Crippen LogP contribution in [0.5, 0.6) is 5.88 Å². The zero-order valence-electron chi connectivity index (χ0n) is 11.5. The normalized spacial score (nSPS) is 10.9. The third-order valence-electron chi connectivity index (χ3n) is 2.90. The van der Waals surface area contributed by atoms with Crippen LogP contribution in [0.15, 0.2) is 24.4 Å². The topological polar surface area (TPSA) is 86.8 Å². The largest absolute Gasteiger partial charge is 0.476 e. The first-order valence-corrected chi connectivity index (χ1v) is 7.23. The Bertz CT molecular complexity index is 856. The predicted molar refractivity (Wildman–Crippen MR) is 86.2 cm³/mol. The lowest BCUT2D eigenvalue weighted by molar-refractivity contribution is 0.330. The molecule has 0 saturated carbocycles. The number of ether oxygens (including phenoxy) is 1. The molecule has 8 heteroatoms. The molecule has 0 unspecified atom stereocenters. The second-order valence-corrected chi connectivity index (χ2v) is 5.13. The molecule has 0 saturated heterocycles. The maximum atomic E-state index is 6.22. The molecule has 2 heterocycles. The average Bonchev–Trinajstić information content (AvgIpc) is 2.50. The third kappa shape index (κ3) is 2.63. The molecule has 0 aliphatic carbocycles. The van der Waals surface area contributed by atoms with E-state index in [1.807, 2.05) is 13.0 Å². The van der Waals surface area contributed by atoms with Crippen LogP contribution in [-0.2, 0) is 0 Å². The van der Waals surface area contributed by atoms with Gasteiger partial charge in [-0.2, -0.15) is 9.97 Å². The number of hydrogen-bond donors (Lipinski definition) is 1. The summed E-state index contributed by atoms with van der Waals surface area (Å²) in [7, 11) is 0. The molecule has 2 aromatic heterocycles. The number of fused-ring (bicyclic) bond motifs is 1. The van der Waals surface area contributed by atoms with E-state index in [0.717, 1.165) is 0 Å². The summed E-state index contributed by atoms with van der Waals surface area (Å²) in [5, 5.41) is 0.854. The van der Waals surface area contributed by atoms with E-state index >= 15 is 0 Å². The van der Waals surface area contributed by atoms with Crippen molar-refractivity contribution in [3.8, 4) is 17.1 Å². The van der Waals surface area contributed by atoms with Crippen molar-refractivity contribution in [2.45, 2.75) is 6.92 Å². The summed E-state index contributed by atoms with van der Waals surface area (Å²) in [5.74, 6) is 0.372.